The van der Waals surface area contributed by atoms with Gasteiger partial charge in [-0.2, -0.15) is 5.10 Å². The summed E-state index contributed by atoms with van der Waals surface area (Å²) in [5.74, 6) is -3.14. The Hall–Kier alpha value is -4.34. The molecule has 1 aliphatic rings. The van der Waals surface area contributed by atoms with Crippen LogP contribution in [0, 0.1) is 17.5 Å². The number of carbonyl (C=O) groups excluding carboxylic acids is 1. The third-order valence-electron chi connectivity index (χ3n) is 6.44. The number of halogens is 3. The first kappa shape index (κ1) is 24.4. The average molecular weight is 509 g/mol. The monoisotopic (exact) mass is 508 g/mol. The number of H-pyrrole nitrogens is 1. The summed E-state index contributed by atoms with van der Waals surface area (Å²) in [7, 11) is 0. The number of nitrogens with zero attached hydrogens (tertiary/aromatic N) is 2. The minimum absolute atomic E-state index is 0.00525. The highest BCUT2D eigenvalue weighted by molar-refractivity contribution is 6.06. The van der Waals surface area contributed by atoms with E-state index in [1.807, 2.05) is 30.3 Å². The highest BCUT2D eigenvalue weighted by atomic mass is 19.1. The van der Waals surface area contributed by atoms with Gasteiger partial charge < -0.3 is 10.1 Å². The van der Waals surface area contributed by atoms with Gasteiger partial charge in [-0.1, -0.05) is 36.4 Å². The summed E-state index contributed by atoms with van der Waals surface area (Å²) in [6.45, 7) is 1.76. The lowest BCUT2D eigenvalue weighted by molar-refractivity contribution is 0.101. The number of aromatic amines is 1. The van der Waals surface area contributed by atoms with Crippen molar-refractivity contribution in [2.75, 3.05) is 5.32 Å². The maximum absolute atomic E-state index is 15.5. The van der Waals surface area contributed by atoms with E-state index in [1.54, 1.807) is 6.92 Å². The van der Waals surface area contributed by atoms with Gasteiger partial charge in [0.15, 0.2) is 0 Å². The molecule has 1 aliphatic heterocycles. The van der Waals surface area contributed by atoms with Gasteiger partial charge in [-0.05, 0) is 49.6 Å². The molecule has 3 aromatic carbocycles. The summed E-state index contributed by atoms with van der Waals surface area (Å²) in [5, 5.41) is 8.61. The zero-order valence-electron chi connectivity index (χ0n) is 19.8. The number of carbonyl (C=O) groups is 1. The molecule has 2 heterocycles. The first-order chi connectivity index (χ1) is 17.8. The number of anilines is 1. The molecular formula is C27H23F3N4O3. The Kier molecular flexibility index (Phi) is 6.56. The lowest BCUT2D eigenvalue weighted by atomic mass is 9.95. The van der Waals surface area contributed by atoms with Crippen LogP contribution in [0.25, 0.3) is 0 Å². The minimum atomic E-state index is -0.973. The van der Waals surface area contributed by atoms with Crippen LogP contribution < -0.4 is 15.7 Å². The Morgan fingerprint density at radius 2 is 1.81 bits per heavy atom. The third kappa shape index (κ3) is 4.74. The maximum Gasteiger partial charge on any atom is 0.343 e. The van der Waals surface area contributed by atoms with Gasteiger partial charge in [-0.3, -0.25) is 9.36 Å². The molecule has 4 aromatic rings. The summed E-state index contributed by atoms with van der Waals surface area (Å²) in [4.78, 5) is 25.6. The number of fused-ring (bicyclic) bond motifs is 1. The van der Waals surface area contributed by atoms with Crippen molar-refractivity contribution in [1.82, 2.24) is 14.8 Å². The standard InChI is InChI=1S/C27H23F3N4O3/c1-15(16-7-3-2-4-8-16)37-23-14-17(22-11-6-12-24-32-33-27(36)34(22)24)21(30)13-18(23)26(35)31-25-19(28)9-5-10-20(25)29/h2-5,7-10,13-15,22H,6,11-12H2,1H3,(H,31,35)(H,33,36)/t15-,22?/m0/s1. The van der Waals surface area contributed by atoms with Gasteiger partial charge in [0.1, 0.15) is 40.8 Å². The van der Waals surface area contributed by atoms with E-state index in [9.17, 15) is 18.4 Å². The molecule has 0 saturated carbocycles. The molecule has 10 heteroatoms. The molecule has 37 heavy (non-hydrogen) atoms. The van der Waals surface area contributed by atoms with Crippen molar-refractivity contribution >= 4 is 11.6 Å². The number of hydrogen-bond acceptors (Lipinski definition) is 4. The largest absolute Gasteiger partial charge is 0.485 e. The lowest BCUT2D eigenvalue weighted by Gasteiger charge is -2.26. The van der Waals surface area contributed by atoms with E-state index in [0.29, 0.717) is 25.1 Å². The van der Waals surface area contributed by atoms with Crippen LogP contribution in [0.3, 0.4) is 0 Å². The Morgan fingerprint density at radius 3 is 2.54 bits per heavy atom. The van der Waals surface area contributed by atoms with Crippen molar-refractivity contribution in [3.8, 4) is 5.75 Å². The van der Waals surface area contributed by atoms with Crippen LogP contribution in [0.2, 0.25) is 0 Å². The molecule has 1 amide bonds. The Balaban J connectivity index is 1.58. The van der Waals surface area contributed by atoms with Crippen molar-refractivity contribution in [3.63, 3.8) is 0 Å². The summed E-state index contributed by atoms with van der Waals surface area (Å²) in [5.41, 5.74) is -0.418. The minimum Gasteiger partial charge on any atom is -0.485 e. The van der Waals surface area contributed by atoms with Crippen LogP contribution in [-0.4, -0.2) is 20.7 Å². The van der Waals surface area contributed by atoms with Crippen molar-refractivity contribution in [2.45, 2.75) is 38.3 Å². The molecule has 2 N–H and O–H groups in total. The maximum atomic E-state index is 15.5. The van der Waals surface area contributed by atoms with E-state index >= 15 is 4.39 Å². The van der Waals surface area contributed by atoms with Gasteiger partial charge in [0.05, 0.1) is 11.6 Å². The summed E-state index contributed by atoms with van der Waals surface area (Å²) in [6, 6.07) is 14.0. The van der Waals surface area contributed by atoms with Crippen LogP contribution in [0.1, 0.15) is 59.2 Å². The average Bonchev–Trinajstić information content (AvgIpc) is 3.28. The van der Waals surface area contributed by atoms with Crippen molar-refractivity contribution in [1.29, 1.82) is 0 Å². The first-order valence-electron chi connectivity index (χ1n) is 11.8. The van der Waals surface area contributed by atoms with Gasteiger partial charge in [0.25, 0.3) is 5.91 Å². The smallest absolute Gasteiger partial charge is 0.343 e. The molecule has 0 bridgehead atoms. The molecule has 7 nitrogen and oxygen atoms in total. The number of hydrogen-bond donors (Lipinski definition) is 2. The number of amides is 1. The van der Waals surface area contributed by atoms with Crippen LogP contribution in [0.4, 0.5) is 18.9 Å². The first-order valence-corrected chi connectivity index (χ1v) is 11.8. The van der Waals surface area contributed by atoms with E-state index in [4.69, 9.17) is 4.74 Å². The second-order valence-electron chi connectivity index (χ2n) is 8.81. The molecule has 0 spiro atoms. The van der Waals surface area contributed by atoms with Crippen molar-refractivity contribution in [3.05, 3.63) is 111 Å². The number of nitrogens with one attached hydrogen (secondary N) is 2. The van der Waals surface area contributed by atoms with Crippen LogP contribution >= 0.6 is 0 Å². The van der Waals surface area contributed by atoms with Gasteiger partial charge in [0.2, 0.25) is 0 Å². The van der Waals surface area contributed by atoms with Crippen LogP contribution in [-0.2, 0) is 6.42 Å². The normalized spacial score (nSPS) is 15.6. The molecule has 0 radical (unpaired) electrons. The predicted molar refractivity (Wildman–Crippen MR) is 130 cm³/mol. The van der Waals surface area contributed by atoms with E-state index in [2.05, 4.69) is 15.5 Å². The molecular weight excluding hydrogens is 485 g/mol. The fraction of sp³-hybridized carbons (Fsp3) is 0.222. The summed E-state index contributed by atoms with van der Waals surface area (Å²) >= 11 is 0. The van der Waals surface area contributed by atoms with E-state index in [0.717, 1.165) is 23.8 Å². The summed E-state index contributed by atoms with van der Waals surface area (Å²) < 4.78 is 51.4. The Morgan fingerprint density at radius 1 is 1.08 bits per heavy atom. The van der Waals surface area contributed by atoms with Crippen LogP contribution in [0.15, 0.2) is 65.5 Å². The zero-order valence-corrected chi connectivity index (χ0v) is 19.8. The van der Waals surface area contributed by atoms with Crippen molar-refractivity contribution < 1.29 is 22.7 Å². The molecule has 0 fully saturated rings. The Bertz CT molecular complexity index is 1500. The molecule has 1 unspecified atom stereocenters. The number of ether oxygens (including phenoxy) is 1. The quantitative estimate of drug-likeness (QED) is 0.370. The molecule has 2 atom stereocenters. The van der Waals surface area contributed by atoms with Gasteiger partial charge >= 0.3 is 5.69 Å². The van der Waals surface area contributed by atoms with Crippen LogP contribution in [0.5, 0.6) is 5.75 Å². The topological polar surface area (TPSA) is 89.0 Å². The number of para-hydroxylation sites is 1. The van der Waals surface area contributed by atoms with Gasteiger partial charge in [-0.25, -0.2) is 23.1 Å². The fourth-order valence-electron chi connectivity index (χ4n) is 4.59. The van der Waals surface area contributed by atoms with E-state index < -0.39 is 46.9 Å². The SMILES string of the molecule is C[C@H](Oc1cc(C2CCCc3n[nH]c(=O)n32)c(F)cc1C(=O)Nc1c(F)cccc1F)c1ccccc1. The lowest BCUT2D eigenvalue weighted by Crippen LogP contribution is -2.29. The third-order valence-corrected chi connectivity index (χ3v) is 6.44. The highest BCUT2D eigenvalue weighted by Crippen LogP contribution is 2.36. The fourth-order valence-corrected chi connectivity index (χ4v) is 4.59. The Labute approximate surface area is 209 Å². The highest BCUT2D eigenvalue weighted by Gasteiger charge is 2.30. The second kappa shape index (κ2) is 9.96. The number of benzene rings is 3. The molecule has 0 aliphatic carbocycles. The zero-order chi connectivity index (χ0) is 26.1. The van der Waals surface area contributed by atoms with Crippen molar-refractivity contribution in [2.24, 2.45) is 0 Å². The molecule has 1 aromatic heterocycles. The number of aryl methyl sites for hydroxylation is 1. The molecule has 5 rings (SSSR count). The number of aromatic nitrogens is 3. The number of rotatable bonds is 6. The summed E-state index contributed by atoms with van der Waals surface area (Å²) in [6.07, 6.45) is 1.18. The second-order valence-corrected chi connectivity index (χ2v) is 8.81. The molecule has 190 valence electrons. The predicted octanol–water partition coefficient (Wildman–Crippen LogP) is 5.31. The molecule has 0 saturated heterocycles. The van der Waals surface area contributed by atoms with Gasteiger partial charge in [-0.15, -0.1) is 0 Å². The van der Waals surface area contributed by atoms with E-state index in [-0.39, 0.29) is 16.9 Å². The van der Waals surface area contributed by atoms with E-state index in [1.165, 1.54) is 16.7 Å². The van der Waals surface area contributed by atoms with Gasteiger partial charge in [0, 0.05) is 12.0 Å².